The first kappa shape index (κ1) is 10.3. The SMILES string of the molecule is C[C@@]1(N)CNC[C@H]1c1ccc(C2CC2)cc1. The van der Waals surface area contributed by atoms with Gasteiger partial charge in [0.15, 0.2) is 0 Å². The number of hydrogen-bond donors (Lipinski definition) is 2. The molecule has 3 rings (SSSR count). The highest BCUT2D eigenvalue weighted by Crippen LogP contribution is 2.40. The Bertz CT molecular complexity index is 376. The summed E-state index contributed by atoms with van der Waals surface area (Å²) in [6.45, 7) is 4.07. The molecule has 2 nitrogen and oxygen atoms in total. The molecule has 1 heterocycles. The highest BCUT2D eigenvalue weighted by molar-refractivity contribution is 5.32. The third kappa shape index (κ3) is 1.76. The van der Waals surface area contributed by atoms with Gasteiger partial charge in [0.05, 0.1) is 0 Å². The molecular weight excluding hydrogens is 196 g/mol. The van der Waals surface area contributed by atoms with Gasteiger partial charge in [0, 0.05) is 24.5 Å². The Balaban J connectivity index is 1.83. The second kappa shape index (κ2) is 3.57. The molecule has 0 bridgehead atoms. The molecule has 0 aromatic heterocycles. The molecule has 16 heavy (non-hydrogen) atoms. The summed E-state index contributed by atoms with van der Waals surface area (Å²) in [6.07, 6.45) is 2.75. The first-order valence-corrected chi connectivity index (χ1v) is 6.26. The summed E-state index contributed by atoms with van der Waals surface area (Å²) < 4.78 is 0. The Kier molecular flexibility index (Phi) is 2.30. The fourth-order valence-electron chi connectivity index (χ4n) is 2.76. The normalized spacial score (nSPS) is 34.2. The number of benzene rings is 1. The molecule has 1 aromatic carbocycles. The van der Waals surface area contributed by atoms with Gasteiger partial charge in [-0.15, -0.1) is 0 Å². The van der Waals surface area contributed by atoms with E-state index in [2.05, 4.69) is 36.5 Å². The van der Waals surface area contributed by atoms with E-state index in [9.17, 15) is 0 Å². The molecule has 0 spiro atoms. The lowest BCUT2D eigenvalue weighted by molar-refractivity contribution is 0.462. The second-order valence-electron chi connectivity index (χ2n) is 5.63. The van der Waals surface area contributed by atoms with Crippen molar-refractivity contribution in [2.75, 3.05) is 13.1 Å². The maximum Gasteiger partial charge on any atom is 0.0333 e. The molecule has 0 unspecified atom stereocenters. The van der Waals surface area contributed by atoms with Gasteiger partial charge >= 0.3 is 0 Å². The maximum absolute atomic E-state index is 6.30. The van der Waals surface area contributed by atoms with E-state index in [1.807, 2.05) is 0 Å². The highest BCUT2D eigenvalue weighted by Gasteiger charge is 2.36. The third-order valence-corrected chi connectivity index (χ3v) is 4.04. The van der Waals surface area contributed by atoms with Crippen molar-refractivity contribution in [1.29, 1.82) is 0 Å². The van der Waals surface area contributed by atoms with E-state index in [4.69, 9.17) is 5.73 Å². The minimum atomic E-state index is -0.0961. The summed E-state index contributed by atoms with van der Waals surface area (Å²) >= 11 is 0. The molecular formula is C14H20N2. The Hall–Kier alpha value is -0.860. The van der Waals surface area contributed by atoms with E-state index >= 15 is 0 Å². The van der Waals surface area contributed by atoms with Gasteiger partial charge in [0.1, 0.15) is 0 Å². The van der Waals surface area contributed by atoms with Crippen LogP contribution < -0.4 is 11.1 Å². The zero-order chi connectivity index (χ0) is 11.2. The summed E-state index contributed by atoms with van der Waals surface area (Å²) in [6, 6.07) is 9.13. The number of hydrogen-bond acceptors (Lipinski definition) is 2. The van der Waals surface area contributed by atoms with E-state index in [-0.39, 0.29) is 5.54 Å². The van der Waals surface area contributed by atoms with E-state index in [1.165, 1.54) is 24.0 Å². The van der Waals surface area contributed by atoms with Crippen LogP contribution in [0.1, 0.15) is 42.7 Å². The fraction of sp³-hybridized carbons (Fsp3) is 0.571. The van der Waals surface area contributed by atoms with Crippen LogP contribution in [-0.4, -0.2) is 18.6 Å². The van der Waals surface area contributed by atoms with Gasteiger partial charge in [-0.1, -0.05) is 24.3 Å². The molecule has 1 saturated carbocycles. The van der Waals surface area contributed by atoms with Crippen LogP contribution in [0.4, 0.5) is 0 Å². The fourth-order valence-corrected chi connectivity index (χ4v) is 2.76. The lowest BCUT2D eigenvalue weighted by Crippen LogP contribution is -2.42. The van der Waals surface area contributed by atoms with Gasteiger partial charge in [0.2, 0.25) is 0 Å². The average Bonchev–Trinajstić information content (AvgIpc) is 3.04. The summed E-state index contributed by atoms with van der Waals surface area (Å²) in [7, 11) is 0. The molecule has 2 atom stereocenters. The van der Waals surface area contributed by atoms with Crippen molar-refractivity contribution in [3.8, 4) is 0 Å². The van der Waals surface area contributed by atoms with Crippen LogP contribution >= 0.6 is 0 Å². The number of nitrogens with one attached hydrogen (secondary N) is 1. The topological polar surface area (TPSA) is 38.0 Å². The molecule has 0 radical (unpaired) electrons. The smallest absolute Gasteiger partial charge is 0.0333 e. The monoisotopic (exact) mass is 216 g/mol. The van der Waals surface area contributed by atoms with Crippen molar-refractivity contribution < 1.29 is 0 Å². The van der Waals surface area contributed by atoms with Crippen LogP contribution in [0.5, 0.6) is 0 Å². The molecule has 3 N–H and O–H groups in total. The van der Waals surface area contributed by atoms with Gasteiger partial charge in [-0.2, -0.15) is 0 Å². The summed E-state index contributed by atoms with van der Waals surface area (Å²) in [5.74, 6) is 1.31. The van der Waals surface area contributed by atoms with Crippen LogP contribution in [0, 0.1) is 0 Å². The summed E-state index contributed by atoms with van der Waals surface area (Å²) in [5.41, 5.74) is 9.10. The minimum Gasteiger partial charge on any atom is -0.324 e. The third-order valence-electron chi connectivity index (χ3n) is 4.04. The highest BCUT2D eigenvalue weighted by atomic mass is 15.0. The van der Waals surface area contributed by atoms with Gasteiger partial charge in [-0.05, 0) is 36.8 Å². The number of rotatable bonds is 2. The first-order valence-electron chi connectivity index (χ1n) is 6.26. The van der Waals surface area contributed by atoms with Crippen molar-refractivity contribution >= 4 is 0 Å². The Morgan fingerprint density at radius 1 is 1.19 bits per heavy atom. The lowest BCUT2D eigenvalue weighted by atomic mass is 9.84. The van der Waals surface area contributed by atoms with Gasteiger partial charge < -0.3 is 11.1 Å². The molecule has 1 saturated heterocycles. The van der Waals surface area contributed by atoms with Crippen LogP contribution in [0.15, 0.2) is 24.3 Å². The van der Waals surface area contributed by atoms with Crippen molar-refractivity contribution in [2.45, 2.75) is 37.1 Å². The van der Waals surface area contributed by atoms with Crippen LogP contribution in [-0.2, 0) is 0 Å². The molecule has 1 aliphatic carbocycles. The molecule has 1 aromatic rings. The minimum absolute atomic E-state index is 0.0961. The molecule has 2 heteroatoms. The van der Waals surface area contributed by atoms with E-state index in [0.717, 1.165) is 19.0 Å². The van der Waals surface area contributed by atoms with E-state index < -0.39 is 0 Å². The lowest BCUT2D eigenvalue weighted by Gasteiger charge is -2.26. The Morgan fingerprint density at radius 2 is 1.81 bits per heavy atom. The van der Waals surface area contributed by atoms with E-state index in [1.54, 1.807) is 0 Å². The standard InChI is InChI=1S/C14H20N2/c1-14(15)9-16-8-13(14)12-6-4-11(5-7-12)10-2-3-10/h4-7,10,13,16H,2-3,8-9,15H2,1H3/t13-,14+/m0/s1. The van der Waals surface area contributed by atoms with Crippen LogP contribution in [0.2, 0.25) is 0 Å². The van der Waals surface area contributed by atoms with Crippen molar-refractivity contribution in [3.05, 3.63) is 35.4 Å². The van der Waals surface area contributed by atoms with Crippen LogP contribution in [0.25, 0.3) is 0 Å². The van der Waals surface area contributed by atoms with Crippen molar-refractivity contribution in [3.63, 3.8) is 0 Å². The van der Waals surface area contributed by atoms with Crippen LogP contribution in [0.3, 0.4) is 0 Å². The molecule has 86 valence electrons. The molecule has 0 amide bonds. The van der Waals surface area contributed by atoms with Gasteiger partial charge in [-0.25, -0.2) is 0 Å². The van der Waals surface area contributed by atoms with Crippen molar-refractivity contribution in [2.24, 2.45) is 5.73 Å². The summed E-state index contributed by atoms with van der Waals surface area (Å²) in [5, 5.41) is 3.39. The Labute approximate surface area is 97.2 Å². The first-order chi connectivity index (χ1) is 7.67. The zero-order valence-electron chi connectivity index (χ0n) is 9.87. The predicted molar refractivity (Wildman–Crippen MR) is 66.6 cm³/mol. The Morgan fingerprint density at radius 3 is 2.31 bits per heavy atom. The van der Waals surface area contributed by atoms with Gasteiger partial charge in [0.25, 0.3) is 0 Å². The quantitative estimate of drug-likeness (QED) is 0.793. The predicted octanol–water partition coefficient (Wildman–Crippen LogP) is 1.97. The van der Waals surface area contributed by atoms with Gasteiger partial charge in [-0.3, -0.25) is 0 Å². The summed E-state index contributed by atoms with van der Waals surface area (Å²) in [4.78, 5) is 0. The molecule has 2 aliphatic rings. The van der Waals surface area contributed by atoms with Crippen molar-refractivity contribution in [1.82, 2.24) is 5.32 Å². The molecule has 2 fully saturated rings. The molecule has 1 aliphatic heterocycles. The maximum atomic E-state index is 6.30. The second-order valence-corrected chi connectivity index (χ2v) is 5.63. The zero-order valence-corrected chi connectivity index (χ0v) is 9.87. The van der Waals surface area contributed by atoms with E-state index in [0.29, 0.717) is 5.92 Å². The largest absolute Gasteiger partial charge is 0.324 e. The number of nitrogens with two attached hydrogens (primary N) is 1. The average molecular weight is 216 g/mol.